The van der Waals surface area contributed by atoms with Gasteiger partial charge in [-0.2, -0.15) is 0 Å². The van der Waals surface area contributed by atoms with Crippen LogP contribution in [0.1, 0.15) is 35.1 Å². The Morgan fingerprint density at radius 2 is 1.61 bits per heavy atom. The second-order valence-electron chi connectivity index (χ2n) is 7.54. The summed E-state index contributed by atoms with van der Waals surface area (Å²) in [4.78, 5) is 26.1. The number of morpholine rings is 1. The molecule has 0 radical (unpaired) electrons. The molecule has 1 fully saturated rings. The number of urea groups is 1. The van der Waals surface area contributed by atoms with Gasteiger partial charge in [0.1, 0.15) is 5.75 Å². The monoisotopic (exact) mass is 407 g/mol. The molecule has 1 aromatic carbocycles. The molecule has 28 heavy (non-hydrogen) atoms. The van der Waals surface area contributed by atoms with Crippen molar-refractivity contribution in [3.05, 3.63) is 28.3 Å². The number of rotatable bonds is 4. The van der Waals surface area contributed by atoms with E-state index in [1.165, 1.54) is 16.0 Å². The summed E-state index contributed by atoms with van der Waals surface area (Å²) in [6.45, 7) is 1.51. The van der Waals surface area contributed by atoms with Gasteiger partial charge in [0.05, 0.1) is 13.2 Å². The van der Waals surface area contributed by atoms with Gasteiger partial charge in [0.2, 0.25) is 15.9 Å². The summed E-state index contributed by atoms with van der Waals surface area (Å²) in [5.41, 5.74) is 5.52. The zero-order chi connectivity index (χ0) is 19.7. The van der Waals surface area contributed by atoms with E-state index in [0.717, 1.165) is 55.3 Å². The first-order valence-electron chi connectivity index (χ1n) is 9.76. The number of amides is 3. The van der Waals surface area contributed by atoms with Crippen LogP contribution in [0.3, 0.4) is 0 Å². The molecule has 4 rings (SSSR count). The molecule has 3 aliphatic rings. The van der Waals surface area contributed by atoms with Gasteiger partial charge in [-0.3, -0.25) is 4.79 Å². The molecule has 0 unspecified atom stereocenters. The van der Waals surface area contributed by atoms with Gasteiger partial charge in [-0.15, -0.1) is 0 Å². The molecule has 0 bridgehead atoms. The van der Waals surface area contributed by atoms with Crippen molar-refractivity contribution < 1.29 is 22.7 Å². The Morgan fingerprint density at radius 3 is 2.21 bits per heavy atom. The van der Waals surface area contributed by atoms with Crippen LogP contribution in [0.5, 0.6) is 0 Å². The lowest BCUT2D eigenvalue weighted by Gasteiger charge is -2.26. The predicted octanol–water partition coefficient (Wildman–Crippen LogP) is 0.974. The molecule has 3 amide bonds. The fraction of sp³-hybridized carbons (Fsp3) is 0.579. The number of carbonyl (C=O) groups excluding carboxylic acids is 2. The fourth-order valence-corrected chi connectivity index (χ4v) is 5.26. The second-order valence-corrected chi connectivity index (χ2v) is 9.26. The van der Waals surface area contributed by atoms with Crippen LogP contribution < -0.4 is 10.0 Å². The smallest absolute Gasteiger partial charge is 0.332 e. The number of hydrogen-bond donors (Lipinski definition) is 2. The largest absolute Gasteiger partial charge is 0.378 e. The van der Waals surface area contributed by atoms with E-state index in [2.05, 4.69) is 11.4 Å². The van der Waals surface area contributed by atoms with Crippen molar-refractivity contribution in [3.63, 3.8) is 0 Å². The van der Waals surface area contributed by atoms with Crippen molar-refractivity contribution in [3.8, 4) is 0 Å². The molecule has 0 aromatic heterocycles. The molecule has 0 saturated carbocycles. The lowest BCUT2D eigenvalue weighted by atomic mass is 9.99. The molecule has 9 heteroatoms. The number of aryl methyl sites for hydroxylation is 2. The Balaban J connectivity index is 1.44. The van der Waals surface area contributed by atoms with Crippen molar-refractivity contribution in [2.45, 2.75) is 38.5 Å². The number of hydrogen-bond acceptors (Lipinski definition) is 5. The number of fused-ring (bicyclic) bond motifs is 2. The maximum absolute atomic E-state index is 12.4. The first kappa shape index (κ1) is 19.2. The van der Waals surface area contributed by atoms with E-state index in [1.54, 1.807) is 0 Å². The van der Waals surface area contributed by atoms with Crippen molar-refractivity contribution in [2.24, 2.45) is 0 Å². The Labute approximate surface area is 164 Å². The molecular weight excluding hydrogens is 382 g/mol. The maximum Gasteiger partial charge on any atom is 0.332 e. The van der Waals surface area contributed by atoms with Gasteiger partial charge in [0.25, 0.3) is 0 Å². The van der Waals surface area contributed by atoms with E-state index in [1.807, 2.05) is 4.72 Å². The Hall–Kier alpha value is -2.13. The second kappa shape index (κ2) is 7.71. The summed E-state index contributed by atoms with van der Waals surface area (Å²) in [6.07, 6.45) is 5.85. The molecule has 0 atom stereocenters. The van der Waals surface area contributed by atoms with E-state index in [9.17, 15) is 18.0 Å². The third-order valence-corrected chi connectivity index (χ3v) is 6.76. The van der Waals surface area contributed by atoms with E-state index >= 15 is 0 Å². The molecule has 1 aliphatic heterocycles. The van der Waals surface area contributed by atoms with Gasteiger partial charge in [0, 0.05) is 18.8 Å². The highest BCUT2D eigenvalue weighted by Crippen LogP contribution is 2.38. The Morgan fingerprint density at radius 1 is 1.00 bits per heavy atom. The topological polar surface area (TPSA) is 105 Å². The van der Waals surface area contributed by atoms with Crippen molar-refractivity contribution >= 4 is 27.6 Å². The van der Waals surface area contributed by atoms with Crippen LogP contribution >= 0.6 is 0 Å². The van der Waals surface area contributed by atoms with Crippen LogP contribution in [0.2, 0.25) is 0 Å². The number of sulfonamides is 1. The van der Waals surface area contributed by atoms with Gasteiger partial charge < -0.3 is 15.0 Å². The Kier molecular flexibility index (Phi) is 5.29. The normalized spacial score (nSPS) is 18.5. The van der Waals surface area contributed by atoms with E-state index in [0.29, 0.717) is 26.3 Å². The van der Waals surface area contributed by atoms with Gasteiger partial charge in [0.15, 0.2) is 0 Å². The zero-order valence-electron chi connectivity index (χ0n) is 15.8. The predicted molar refractivity (Wildman–Crippen MR) is 104 cm³/mol. The van der Waals surface area contributed by atoms with Gasteiger partial charge in [-0.05, 0) is 60.8 Å². The van der Waals surface area contributed by atoms with Gasteiger partial charge in [-0.1, -0.05) is 6.07 Å². The standard InChI is InChI=1S/C19H25N3O5S/c23-17(22-7-9-27-10-8-22)12-28(25,26)21-19(24)20-18-15-5-1-3-13(15)11-14-4-2-6-16(14)18/h11H,1-10,12H2,(H2,20,21,24). The minimum atomic E-state index is -4.07. The highest BCUT2D eigenvalue weighted by Gasteiger charge is 2.28. The summed E-state index contributed by atoms with van der Waals surface area (Å²) in [5.74, 6) is -1.27. The van der Waals surface area contributed by atoms with Crippen molar-refractivity contribution in [2.75, 3.05) is 37.4 Å². The molecule has 2 aliphatic carbocycles. The molecule has 0 spiro atoms. The number of carbonyl (C=O) groups is 2. The minimum Gasteiger partial charge on any atom is -0.378 e. The van der Waals surface area contributed by atoms with Crippen LogP contribution in [0.15, 0.2) is 6.07 Å². The van der Waals surface area contributed by atoms with Gasteiger partial charge >= 0.3 is 6.03 Å². The first-order valence-corrected chi connectivity index (χ1v) is 11.4. The van der Waals surface area contributed by atoms with Crippen LogP contribution in [0.4, 0.5) is 10.5 Å². The lowest BCUT2D eigenvalue weighted by Crippen LogP contribution is -2.46. The summed E-state index contributed by atoms with van der Waals surface area (Å²) < 4.78 is 31.8. The summed E-state index contributed by atoms with van der Waals surface area (Å²) in [6, 6.07) is 1.44. The quantitative estimate of drug-likeness (QED) is 0.774. The minimum absolute atomic E-state index is 0.364. The first-order chi connectivity index (χ1) is 13.4. The third-order valence-electron chi connectivity index (χ3n) is 5.64. The van der Waals surface area contributed by atoms with Crippen LogP contribution in [0.25, 0.3) is 0 Å². The number of nitrogens with zero attached hydrogens (tertiary/aromatic N) is 1. The molecule has 1 heterocycles. The number of ether oxygens (including phenoxy) is 1. The summed E-state index contributed by atoms with van der Waals surface area (Å²) in [7, 11) is -4.07. The number of anilines is 1. The van der Waals surface area contributed by atoms with E-state index in [-0.39, 0.29) is 0 Å². The maximum atomic E-state index is 12.4. The average molecular weight is 407 g/mol. The van der Waals surface area contributed by atoms with Crippen LogP contribution in [-0.2, 0) is 45.2 Å². The average Bonchev–Trinajstić information content (AvgIpc) is 3.30. The molecule has 1 saturated heterocycles. The number of nitrogens with one attached hydrogen (secondary N) is 2. The highest BCUT2D eigenvalue weighted by atomic mass is 32.2. The van der Waals surface area contributed by atoms with Crippen molar-refractivity contribution in [1.82, 2.24) is 9.62 Å². The molecule has 1 aromatic rings. The van der Waals surface area contributed by atoms with Crippen LogP contribution in [-0.4, -0.2) is 57.3 Å². The van der Waals surface area contributed by atoms with Crippen molar-refractivity contribution in [1.29, 1.82) is 0 Å². The fourth-order valence-electron chi connectivity index (χ4n) is 4.35. The molecular formula is C19H25N3O5S. The summed E-state index contributed by atoms with van der Waals surface area (Å²) in [5, 5.41) is 2.78. The van der Waals surface area contributed by atoms with Crippen LogP contribution in [0, 0.1) is 0 Å². The summed E-state index contributed by atoms with van der Waals surface area (Å²) >= 11 is 0. The third kappa shape index (κ3) is 4.00. The number of benzene rings is 1. The zero-order valence-corrected chi connectivity index (χ0v) is 16.6. The lowest BCUT2D eigenvalue weighted by molar-refractivity contribution is -0.132. The molecule has 152 valence electrons. The van der Waals surface area contributed by atoms with E-state index < -0.39 is 27.7 Å². The SMILES string of the molecule is O=C(Nc1c2c(cc3c1CCC3)CCC2)NS(=O)(=O)CC(=O)N1CCOCC1. The molecule has 8 nitrogen and oxygen atoms in total. The van der Waals surface area contributed by atoms with Gasteiger partial charge in [-0.25, -0.2) is 17.9 Å². The van der Waals surface area contributed by atoms with E-state index in [4.69, 9.17) is 4.74 Å². The molecule has 2 N–H and O–H groups in total. The Bertz CT molecular complexity index is 874. The highest BCUT2D eigenvalue weighted by molar-refractivity contribution is 7.90.